The van der Waals surface area contributed by atoms with Crippen LogP contribution in [0.25, 0.3) is 0 Å². The smallest absolute Gasteiger partial charge is 0.296 e. The molecule has 1 N–H and O–H groups in total. The molecule has 1 atom stereocenters. The number of benzene rings is 2. The Bertz CT molecular complexity index is 1460. The summed E-state index contributed by atoms with van der Waals surface area (Å²) in [5.41, 5.74) is 0.0961. The number of hydrogen-bond acceptors (Lipinski definition) is 7. The van der Waals surface area contributed by atoms with Crippen molar-refractivity contribution in [2.45, 2.75) is 55.2 Å². The average Bonchev–Trinajstić information content (AvgIpc) is 3.65. The number of sulfone groups is 1. The van der Waals surface area contributed by atoms with Crippen LogP contribution in [0.15, 0.2) is 67.6 Å². The van der Waals surface area contributed by atoms with Gasteiger partial charge in [0.2, 0.25) is 15.7 Å². The van der Waals surface area contributed by atoms with Gasteiger partial charge in [-0.2, -0.15) is 10.2 Å². The van der Waals surface area contributed by atoms with Gasteiger partial charge < -0.3 is 9.84 Å². The molecule has 10 heteroatoms. The highest BCUT2D eigenvalue weighted by atomic mass is 79.9. The first-order valence-electron chi connectivity index (χ1n) is 11.1. The number of aromatic nitrogens is 2. The van der Waals surface area contributed by atoms with Gasteiger partial charge in [-0.3, -0.25) is 9.36 Å². The molecule has 0 bridgehead atoms. The number of nitrogens with zero attached hydrogens (tertiary/aromatic N) is 3. The van der Waals surface area contributed by atoms with E-state index in [2.05, 4.69) is 27.0 Å². The highest BCUT2D eigenvalue weighted by molar-refractivity contribution is 9.10. The van der Waals surface area contributed by atoms with Gasteiger partial charge in [0, 0.05) is 4.47 Å². The molecular weight excluding hydrogens is 534 g/mol. The molecule has 3 aromatic rings. The van der Waals surface area contributed by atoms with Crippen LogP contribution in [0.2, 0.25) is 0 Å². The molecule has 1 fully saturated rings. The van der Waals surface area contributed by atoms with E-state index in [4.69, 9.17) is 4.74 Å². The van der Waals surface area contributed by atoms with Crippen molar-refractivity contribution in [2.24, 2.45) is 5.92 Å². The molecule has 0 saturated heterocycles. The Balaban J connectivity index is 1.97. The minimum atomic E-state index is -4.38. The van der Waals surface area contributed by atoms with Gasteiger partial charge in [-0.1, -0.05) is 28.1 Å². The molecule has 0 aliphatic heterocycles. The van der Waals surface area contributed by atoms with Crippen molar-refractivity contribution in [3.63, 3.8) is 0 Å². The normalized spacial score (nSPS) is 14.6. The van der Waals surface area contributed by atoms with Crippen LogP contribution < -0.4 is 5.56 Å². The van der Waals surface area contributed by atoms with E-state index in [-0.39, 0.29) is 29.3 Å². The van der Waals surface area contributed by atoms with Crippen LogP contribution in [0.3, 0.4) is 0 Å². The Morgan fingerprint density at radius 1 is 1.23 bits per heavy atom. The lowest BCUT2D eigenvalue weighted by molar-refractivity contribution is 0.0568. The first-order chi connectivity index (χ1) is 16.6. The summed E-state index contributed by atoms with van der Waals surface area (Å²) in [5, 5.41) is 20.8. The van der Waals surface area contributed by atoms with Gasteiger partial charge in [-0.05, 0) is 74.6 Å². The van der Waals surface area contributed by atoms with Crippen LogP contribution in [-0.4, -0.2) is 29.2 Å². The lowest BCUT2D eigenvalue weighted by Gasteiger charge is -2.26. The zero-order chi connectivity index (χ0) is 25.3. The summed E-state index contributed by atoms with van der Waals surface area (Å²) in [6.07, 6.45) is 1.49. The van der Waals surface area contributed by atoms with Crippen molar-refractivity contribution in [3.05, 3.63) is 80.3 Å². The zero-order valence-electron chi connectivity index (χ0n) is 19.2. The maximum absolute atomic E-state index is 13.5. The summed E-state index contributed by atoms with van der Waals surface area (Å²) in [6.45, 7) is 3.55. The highest BCUT2D eigenvalue weighted by Gasteiger charge is 2.39. The second-order valence-corrected chi connectivity index (χ2v) is 11.5. The topological polar surface area (TPSA) is 122 Å². The predicted octanol–water partition coefficient (Wildman–Crippen LogP) is 4.34. The monoisotopic (exact) mass is 557 g/mol. The lowest BCUT2D eigenvalue weighted by Crippen LogP contribution is -2.29. The van der Waals surface area contributed by atoms with Crippen molar-refractivity contribution in [1.29, 1.82) is 5.26 Å². The second kappa shape index (κ2) is 9.93. The van der Waals surface area contributed by atoms with E-state index in [9.17, 15) is 23.6 Å². The van der Waals surface area contributed by atoms with E-state index < -0.39 is 32.2 Å². The molecule has 0 spiro atoms. The van der Waals surface area contributed by atoms with Crippen LogP contribution in [0.4, 0.5) is 0 Å². The molecule has 0 radical (unpaired) electrons. The first kappa shape index (κ1) is 25.1. The van der Waals surface area contributed by atoms with E-state index in [1.54, 1.807) is 30.3 Å². The molecule has 1 saturated carbocycles. The number of aromatic hydroxyl groups is 1. The quantitative estimate of drug-likeness (QED) is 0.437. The van der Waals surface area contributed by atoms with Gasteiger partial charge in [0.1, 0.15) is 12.4 Å². The number of nitriles is 1. The molecule has 2 aromatic carbocycles. The number of halogens is 1. The first-order valence-corrected chi connectivity index (χ1v) is 13.4. The van der Waals surface area contributed by atoms with Gasteiger partial charge in [-0.25, -0.2) is 8.42 Å². The van der Waals surface area contributed by atoms with E-state index in [1.165, 1.54) is 16.7 Å². The number of hydrogen-bond donors (Lipinski definition) is 1. The third-order valence-electron chi connectivity index (χ3n) is 5.78. The fraction of sp³-hybridized carbons (Fsp3) is 0.320. The molecular formula is C25H24BrN3O5S. The third-order valence-corrected chi connectivity index (χ3v) is 8.09. The van der Waals surface area contributed by atoms with Gasteiger partial charge in [0.05, 0.1) is 28.7 Å². The van der Waals surface area contributed by atoms with E-state index in [0.717, 1.165) is 12.8 Å². The SMILES string of the molecule is CC(C)OCc1nc(=O)c(S(=O)(=O)c2ccc(Br)cc2)c(O)n1[C@H](c1cccc(C#N)c1)C1CC1. The molecule has 35 heavy (non-hydrogen) atoms. The molecule has 0 amide bonds. The summed E-state index contributed by atoms with van der Waals surface area (Å²) in [6, 6.07) is 14.3. The Labute approximate surface area is 211 Å². The molecule has 0 unspecified atom stereocenters. The minimum absolute atomic E-state index is 0.0696. The summed E-state index contributed by atoms with van der Waals surface area (Å²) in [5.74, 6) is -0.495. The Hall–Kier alpha value is -3.00. The maximum Gasteiger partial charge on any atom is 0.296 e. The van der Waals surface area contributed by atoms with Crippen LogP contribution >= 0.6 is 15.9 Å². The van der Waals surface area contributed by atoms with Crippen LogP contribution in [-0.2, 0) is 21.2 Å². The fourth-order valence-electron chi connectivity index (χ4n) is 3.99. The molecule has 182 valence electrons. The summed E-state index contributed by atoms with van der Waals surface area (Å²) in [7, 11) is -4.38. The molecule has 8 nitrogen and oxygen atoms in total. The van der Waals surface area contributed by atoms with Crippen LogP contribution in [0, 0.1) is 17.2 Å². The van der Waals surface area contributed by atoms with Crippen molar-refractivity contribution in [2.75, 3.05) is 0 Å². The fourth-order valence-corrected chi connectivity index (χ4v) is 5.60. The zero-order valence-corrected chi connectivity index (χ0v) is 21.6. The van der Waals surface area contributed by atoms with Crippen molar-refractivity contribution in [1.82, 2.24) is 9.55 Å². The molecule has 1 aromatic heterocycles. The Kier molecular flexibility index (Phi) is 7.12. The van der Waals surface area contributed by atoms with E-state index in [0.29, 0.717) is 15.6 Å². The summed E-state index contributed by atoms with van der Waals surface area (Å²) in [4.78, 5) is 16.2. The summed E-state index contributed by atoms with van der Waals surface area (Å²) < 4.78 is 34.7. The number of ether oxygens (including phenoxy) is 1. The predicted molar refractivity (Wildman–Crippen MR) is 132 cm³/mol. The Morgan fingerprint density at radius 2 is 1.91 bits per heavy atom. The molecule has 1 heterocycles. The van der Waals surface area contributed by atoms with Gasteiger partial charge in [0.15, 0.2) is 4.90 Å². The maximum atomic E-state index is 13.5. The molecule has 1 aliphatic carbocycles. The van der Waals surface area contributed by atoms with Gasteiger partial charge >= 0.3 is 0 Å². The molecule has 4 rings (SSSR count). The van der Waals surface area contributed by atoms with Crippen LogP contribution in [0.1, 0.15) is 49.7 Å². The summed E-state index contributed by atoms with van der Waals surface area (Å²) >= 11 is 3.27. The van der Waals surface area contributed by atoms with Gasteiger partial charge in [0.25, 0.3) is 5.56 Å². The largest absolute Gasteiger partial charge is 0.493 e. The van der Waals surface area contributed by atoms with Gasteiger partial charge in [-0.15, -0.1) is 0 Å². The number of rotatable bonds is 8. The third kappa shape index (κ3) is 5.17. The van der Waals surface area contributed by atoms with E-state index in [1.807, 2.05) is 19.9 Å². The van der Waals surface area contributed by atoms with Crippen molar-refractivity contribution < 1.29 is 18.3 Å². The van der Waals surface area contributed by atoms with E-state index >= 15 is 0 Å². The van der Waals surface area contributed by atoms with Crippen LogP contribution in [0.5, 0.6) is 5.88 Å². The lowest BCUT2D eigenvalue weighted by atomic mass is 9.99. The Morgan fingerprint density at radius 3 is 2.51 bits per heavy atom. The van der Waals surface area contributed by atoms with Crippen molar-refractivity contribution in [3.8, 4) is 11.9 Å². The standard InChI is InChI=1S/C25H24BrN3O5S/c1-15(2)34-14-21-28-24(30)23(35(32,33)20-10-8-19(26)9-11-20)25(31)29(21)22(17-6-7-17)18-5-3-4-16(12-18)13-27/h3-5,8-12,15,17,22,31H,6-7,14H2,1-2H3/t22-/m0/s1. The minimum Gasteiger partial charge on any atom is -0.493 e. The highest BCUT2D eigenvalue weighted by Crippen LogP contribution is 2.46. The second-order valence-electron chi connectivity index (χ2n) is 8.69. The molecule has 1 aliphatic rings. The van der Waals surface area contributed by atoms with Crippen molar-refractivity contribution >= 4 is 25.8 Å². The average molecular weight is 558 g/mol.